The largest absolute Gasteiger partial charge is 0.352 e. The predicted octanol–water partition coefficient (Wildman–Crippen LogP) is 3.09. The van der Waals surface area contributed by atoms with E-state index in [-0.39, 0.29) is 40.9 Å². The summed E-state index contributed by atoms with van der Waals surface area (Å²) < 4.78 is 20.7. The van der Waals surface area contributed by atoms with Crippen molar-refractivity contribution in [2.45, 2.75) is 25.8 Å². The summed E-state index contributed by atoms with van der Waals surface area (Å²) in [6.45, 7) is 2.54. The molecule has 0 saturated heterocycles. The van der Waals surface area contributed by atoms with Crippen LogP contribution in [0.5, 0.6) is 0 Å². The number of carbonyl (C=O) groups is 4. The Balaban J connectivity index is 1.73. The van der Waals surface area contributed by atoms with E-state index in [1.807, 2.05) is 12.1 Å². The van der Waals surface area contributed by atoms with Gasteiger partial charge < -0.3 is 20.5 Å². The van der Waals surface area contributed by atoms with Gasteiger partial charge in [0.2, 0.25) is 11.7 Å². The predicted molar refractivity (Wildman–Crippen MR) is 135 cm³/mol. The van der Waals surface area contributed by atoms with Gasteiger partial charge in [0.25, 0.3) is 11.8 Å². The third-order valence-corrected chi connectivity index (χ3v) is 7.13. The smallest absolute Gasteiger partial charge is 0.287 e. The summed E-state index contributed by atoms with van der Waals surface area (Å²) in [7, 11) is 1.39. The molecule has 0 spiro atoms. The van der Waals surface area contributed by atoms with Gasteiger partial charge in [0.1, 0.15) is 22.7 Å². The fourth-order valence-corrected chi connectivity index (χ4v) is 5.34. The van der Waals surface area contributed by atoms with Gasteiger partial charge in [0.15, 0.2) is 5.82 Å². The molecule has 10 nitrogen and oxygen atoms in total. The molecule has 0 fully saturated rings. The van der Waals surface area contributed by atoms with Crippen molar-refractivity contribution in [3.05, 3.63) is 71.1 Å². The second-order valence-electron chi connectivity index (χ2n) is 8.75. The summed E-state index contributed by atoms with van der Waals surface area (Å²) in [6, 6.07) is 11.0. The maximum absolute atomic E-state index is 14.3. The lowest BCUT2D eigenvalue weighted by molar-refractivity contribution is -0.120. The van der Waals surface area contributed by atoms with Crippen LogP contribution in [-0.4, -0.2) is 44.5 Å². The van der Waals surface area contributed by atoms with E-state index in [0.717, 1.165) is 16.2 Å². The van der Waals surface area contributed by atoms with Crippen molar-refractivity contribution in [1.82, 2.24) is 19.2 Å². The monoisotopic (exact) mass is 520 g/mol. The lowest BCUT2D eigenvalue weighted by atomic mass is 9.80. The molecule has 5 rings (SSSR count). The molecule has 1 aliphatic rings. The highest BCUT2D eigenvalue weighted by Gasteiger charge is 2.49. The Morgan fingerprint density at radius 3 is 2.65 bits per heavy atom. The first-order valence-corrected chi connectivity index (χ1v) is 12.0. The fourth-order valence-electron chi connectivity index (χ4n) is 4.57. The van der Waals surface area contributed by atoms with Crippen molar-refractivity contribution in [2.24, 2.45) is 0 Å². The first-order valence-electron chi connectivity index (χ1n) is 11.2. The van der Waals surface area contributed by atoms with Crippen LogP contribution in [0.25, 0.3) is 10.1 Å². The van der Waals surface area contributed by atoms with Crippen LogP contribution in [-0.2, 0) is 21.5 Å². The molecule has 0 saturated carbocycles. The molecule has 1 atom stereocenters. The number of carbonyl (C=O) groups excluding carboxylic acids is 4. The average Bonchev–Trinajstić information content (AvgIpc) is 3.52. The second kappa shape index (κ2) is 8.89. The zero-order valence-corrected chi connectivity index (χ0v) is 20.8. The normalized spacial score (nSPS) is 16.4. The Bertz CT molecular complexity index is 1630. The number of benzene rings is 2. The first kappa shape index (κ1) is 24.3. The van der Waals surface area contributed by atoms with Gasteiger partial charge in [-0.15, -0.1) is 0 Å². The number of ketones is 1. The minimum Gasteiger partial charge on any atom is -0.352 e. The molecule has 3 heterocycles. The van der Waals surface area contributed by atoms with Gasteiger partial charge in [-0.05, 0) is 55.2 Å². The molecule has 4 aromatic rings. The van der Waals surface area contributed by atoms with Crippen molar-refractivity contribution in [1.29, 1.82) is 0 Å². The van der Waals surface area contributed by atoms with Crippen molar-refractivity contribution in [3.63, 3.8) is 0 Å². The van der Waals surface area contributed by atoms with Gasteiger partial charge in [-0.1, -0.05) is 18.2 Å². The number of amides is 3. The van der Waals surface area contributed by atoms with Crippen LogP contribution < -0.4 is 16.0 Å². The number of nitrogens with one attached hydrogen (secondary N) is 3. The number of hydrogen-bond donors (Lipinski definition) is 3. The number of hydrogen-bond acceptors (Lipinski definition) is 7. The van der Waals surface area contributed by atoms with Crippen molar-refractivity contribution >= 4 is 56.6 Å². The second-order valence-corrected chi connectivity index (χ2v) is 9.56. The van der Waals surface area contributed by atoms with Crippen molar-refractivity contribution in [3.8, 4) is 0 Å². The molecule has 0 unspecified atom stereocenters. The van der Waals surface area contributed by atoms with Gasteiger partial charge >= 0.3 is 0 Å². The van der Waals surface area contributed by atoms with E-state index in [0.29, 0.717) is 11.1 Å². The zero-order chi connectivity index (χ0) is 26.5. The van der Waals surface area contributed by atoms with E-state index in [1.54, 1.807) is 12.1 Å². The topological polar surface area (TPSA) is 135 Å². The molecule has 12 heteroatoms. The number of nitrogens with zero attached hydrogens (tertiary/aromatic N) is 3. The molecule has 1 aliphatic heterocycles. The molecule has 2 aromatic heterocycles. The Hall–Kier alpha value is -4.45. The standard InChI is InChI=1S/C25H21FN6O4S/c1-12(33)11-32-19(25(2)15-10-13(26)8-9-16(15)28-24(25)36)20(29-21(32)23(35)27-3)30-22(34)18-14-6-4-5-7-17(14)37-31-18/h4-10H,11H2,1-3H3,(H,27,35)(H,28,36)(H,30,34)/t25-/m0/s1. The molecule has 0 radical (unpaired) electrons. The average molecular weight is 521 g/mol. The maximum atomic E-state index is 14.3. The number of anilines is 2. The van der Waals surface area contributed by atoms with Gasteiger partial charge in [-0.25, -0.2) is 9.37 Å². The number of imidazole rings is 1. The van der Waals surface area contributed by atoms with Crippen molar-refractivity contribution < 1.29 is 23.6 Å². The van der Waals surface area contributed by atoms with E-state index >= 15 is 0 Å². The highest BCUT2D eigenvalue weighted by Crippen LogP contribution is 2.46. The van der Waals surface area contributed by atoms with E-state index in [2.05, 4.69) is 25.3 Å². The van der Waals surface area contributed by atoms with Crippen LogP contribution >= 0.6 is 11.5 Å². The zero-order valence-electron chi connectivity index (χ0n) is 20.0. The molecule has 2 aromatic carbocycles. The molecule has 37 heavy (non-hydrogen) atoms. The van der Waals surface area contributed by atoms with Crippen LogP contribution in [0, 0.1) is 5.82 Å². The quantitative estimate of drug-likeness (QED) is 0.358. The Morgan fingerprint density at radius 2 is 1.92 bits per heavy atom. The first-order chi connectivity index (χ1) is 17.6. The van der Waals surface area contributed by atoms with Crippen LogP contribution in [0.15, 0.2) is 42.5 Å². The Labute approximate surface area is 214 Å². The number of fused-ring (bicyclic) bond motifs is 2. The summed E-state index contributed by atoms with van der Waals surface area (Å²) in [4.78, 5) is 56.2. The molecule has 188 valence electrons. The third kappa shape index (κ3) is 3.85. The van der Waals surface area contributed by atoms with Gasteiger partial charge in [-0.3, -0.25) is 19.2 Å². The van der Waals surface area contributed by atoms with Crippen molar-refractivity contribution in [2.75, 3.05) is 17.7 Å². The lowest BCUT2D eigenvalue weighted by Crippen LogP contribution is -2.37. The third-order valence-electron chi connectivity index (χ3n) is 6.30. The van der Waals surface area contributed by atoms with E-state index in [9.17, 15) is 23.6 Å². The van der Waals surface area contributed by atoms with E-state index in [4.69, 9.17) is 0 Å². The maximum Gasteiger partial charge on any atom is 0.287 e. The molecule has 0 bridgehead atoms. The number of halogens is 1. The number of aromatic nitrogens is 3. The van der Waals surface area contributed by atoms with Crippen LogP contribution in [0.2, 0.25) is 0 Å². The summed E-state index contributed by atoms with van der Waals surface area (Å²) in [5.74, 6) is -2.99. The molecule has 0 aliphatic carbocycles. The minimum absolute atomic E-state index is 0.0658. The van der Waals surface area contributed by atoms with Gasteiger partial charge in [0, 0.05) is 18.1 Å². The summed E-state index contributed by atoms with van der Waals surface area (Å²) in [5.41, 5.74) is -0.745. The molecular weight excluding hydrogens is 499 g/mol. The van der Waals surface area contributed by atoms with E-state index in [1.165, 1.54) is 43.7 Å². The molecular formula is C25H21FN6O4S. The highest BCUT2D eigenvalue weighted by molar-refractivity contribution is 7.13. The minimum atomic E-state index is -1.60. The fraction of sp³-hybridized carbons (Fsp3) is 0.200. The van der Waals surface area contributed by atoms with Gasteiger partial charge in [-0.2, -0.15) is 4.37 Å². The summed E-state index contributed by atoms with van der Waals surface area (Å²) in [5, 5.41) is 8.51. The summed E-state index contributed by atoms with van der Waals surface area (Å²) >= 11 is 1.15. The van der Waals surface area contributed by atoms with Crippen LogP contribution in [0.3, 0.4) is 0 Å². The molecule has 3 amide bonds. The van der Waals surface area contributed by atoms with Crippen LogP contribution in [0.1, 0.15) is 46.2 Å². The SMILES string of the molecule is CNC(=O)c1nc(NC(=O)c2nsc3ccccc23)c([C@@]2(C)C(=O)Nc3ccc(F)cc32)n1CC(C)=O. The Kier molecular flexibility index (Phi) is 5.83. The summed E-state index contributed by atoms with van der Waals surface area (Å²) in [6.07, 6.45) is 0. The molecule has 3 N–H and O–H groups in total. The van der Waals surface area contributed by atoms with Gasteiger partial charge in [0.05, 0.1) is 16.9 Å². The highest BCUT2D eigenvalue weighted by atomic mass is 32.1. The van der Waals surface area contributed by atoms with Crippen LogP contribution in [0.4, 0.5) is 15.9 Å². The lowest BCUT2D eigenvalue weighted by Gasteiger charge is -2.25. The number of rotatable bonds is 6. The number of Topliss-reactive ketones (excluding diaryl/α,β-unsaturated/α-hetero) is 1. The Morgan fingerprint density at radius 1 is 1.16 bits per heavy atom. The van der Waals surface area contributed by atoms with E-state index < -0.39 is 29.0 Å².